The fraction of sp³-hybridized carbons (Fsp3) is 0.250. The second-order valence-electron chi connectivity index (χ2n) is 5.90. The van der Waals surface area contributed by atoms with E-state index in [1.54, 1.807) is 0 Å². The van der Waals surface area contributed by atoms with Crippen LogP contribution in [0.5, 0.6) is 0 Å². The molecule has 0 spiro atoms. The average Bonchev–Trinajstić information content (AvgIpc) is 2.56. The topological polar surface area (TPSA) is 27.6 Å². The van der Waals surface area contributed by atoms with Crippen molar-refractivity contribution in [2.24, 2.45) is 5.10 Å². The van der Waals surface area contributed by atoms with E-state index in [0.29, 0.717) is 5.02 Å². The zero-order valence-electron chi connectivity index (χ0n) is 14.7. The molecule has 0 saturated carbocycles. The van der Waals surface area contributed by atoms with Crippen molar-refractivity contribution in [2.75, 3.05) is 23.9 Å². The lowest BCUT2D eigenvalue weighted by Crippen LogP contribution is -2.13. The molecular weight excluding hydrogens is 318 g/mol. The van der Waals surface area contributed by atoms with E-state index in [1.807, 2.05) is 67.5 Å². The lowest BCUT2D eigenvalue weighted by Gasteiger charge is -2.16. The number of hydrazone groups is 1. The van der Waals surface area contributed by atoms with Crippen molar-refractivity contribution in [3.05, 3.63) is 70.8 Å². The molecule has 2 aromatic carbocycles. The minimum atomic E-state index is 0.703. The predicted octanol–water partition coefficient (Wildman–Crippen LogP) is 5.58. The van der Waals surface area contributed by atoms with Gasteiger partial charge >= 0.3 is 0 Å². The van der Waals surface area contributed by atoms with E-state index in [2.05, 4.69) is 25.2 Å². The Morgan fingerprint density at radius 1 is 1.12 bits per heavy atom. The molecule has 2 aromatic rings. The van der Waals surface area contributed by atoms with Crippen LogP contribution in [0.15, 0.2) is 65.3 Å². The highest BCUT2D eigenvalue weighted by molar-refractivity contribution is 6.31. The van der Waals surface area contributed by atoms with Crippen LogP contribution in [0.2, 0.25) is 5.02 Å². The average molecular weight is 342 g/mol. The molecule has 0 aliphatic carbocycles. The number of anilines is 2. The van der Waals surface area contributed by atoms with Crippen LogP contribution < -0.4 is 10.3 Å². The van der Waals surface area contributed by atoms with Crippen molar-refractivity contribution in [2.45, 2.75) is 20.8 Å². The first-order valence-electron chi connectivity index (χ1n) is 7.98. The maximum Gasteiger partial charge on any atom is 0.0672 e. The second kappa shape index (κ2) is 8.55. The van der Waals surface area contributed by atoms with Crippen molar-refractivity contribution in [3.63, 3.8) is 0 Å². The number of nitrogens with one attached hydrogen (secondary N) is 1. The lowest BCUT2D eigenvalue weighted by molar-refractivity contribution is 1.01. The third-order valence-corrected chi connectivity index (χ3v) is 3.84. The zero-order chi connectivity index (χ0) is 17.5. The standard InChI is InChI=1S/C20H24ClN3/c1-15(2)12-13-22-20-11-10-17(21)14-19(20)16(3)23-24(4)18-8-6-5-7-9-18/h5-12,14,22H,13H2,1-4H3/b23-16+. The minimum absolute atomic E-state index is 0.703. The molecule has 0 radical (unpaired) electrons. The summed E-state index contributed by atoms with van der Waals surface area (Å²) in [5.41, 5.74) is 5.26. The molecule has 0 atom stereocenters. The molecule has 0 saturated heterocycles. The third kappa shape index (κ3) is 5.14. The number of hydrogen-bond donors (Lipinski definition) is 1. The maximum absolute atomic E-state index is 6.19. The smallest absolute Gasteiger partial charge is 0.0672 e. The first-order chi connectivity index (χ1) is 11.5. The van der Waals surface area contributed by atoms with Gasteiger partial charge < -0.3 is 5.32 Å². The van der Waals surface area contributed by atoms with Gasteiger partial charge in [-0.2, -0.15) is 5.10 Å². The Hall–Kier alpha value is -2.26. The second-order valence-corrected chi connectivity index (χ2v) is 6.33. The van der Waals surface area contributed by atoms with Crippen LogP contribution in [0.3, 0.4) is 0 Å². The predicted molar refractivity (Wildman–Crippen MR) is 106 cm³/mol. The molecule has 3 nitrogen and oxygen atoms in total. The van der Waals surface area contributed by atoms with Crippen LogP contribution >= 0.6 is 11.6 Å². The monoisotopic (exact) mass is 341 g/mol. The molecule has 4 heteroatoms. The summed E-state index contributed by atoms with van der Waals surface area (Å²) >= 11 is 6.19. The van der Waals surface area contributed by atoms with Gasteiger partial charge in [0.25, 0.3) is 0 Å². The van der Waals surface area contributed by atoms with Gasteiger partial charge in [-0.1, -0.05) is 41.4 Å². The molecule has 0 fully saturated rings. The maximum atomic E-state index is 6.19. The van der Waals surface area contributed by atoms with Gasteiger partial charge in [0.1, 0.15) is 0 Å². The van der Waals surface area contributed by atoms with Crippen molar-refractivity contribution < 1.29 is 0 Å². The van der Waals surface area contributed by atoms with Crippen molar-refractivity contribution >= 4 is 28.7 Å². The lowest BCUT2D eigenvalue weighted by atomic mass is 10.1. The summed E-state index contributed by atoms with van der Waals surface area (Å²) in [6.45, 7) is 6.95. The van der Waals surface area contributed by atoms with Gasteiger partial charge in [-0.05, 0) is 51.1 Å². The highest BCUT2D eigenvalue weighted by Gasteiger charge is 2.08. The fourth-order valence-electron chi connectivity index (χ4n) is 2.32. The first-order valence-corrected chi connectivity index (χ1v) is 8.36. The summed E-state index contributed by atoms with van der Waals surface area (Å²) in [6, 6.07) is 15.9. The van der Waals surface area contributed by atoms with E-state index in [-0.39, 0.29) is 0 Å². The molecule has 2 rings (SSSR count). The Bertz CT molecular complexity index is 732. The van der Waals surface area contributed by atoms with Gasteiger partial charge in [-0.25, -0.2) is 0 Å². The summed E-state index contributed by atoms with van der Waals surface area (Å²) in [5.74, 6) is 0. The quantitative estimate of drug-likeness (QED) is 0.422. The van der Waals surface area contributed by atoms with Gasteiger partial charge in [0.2, 0.25) is 0 Å². The van der Waals surface area contributed by atoms with E-state index in [4.69, 9.17) is 16.7 Å². The number of para-hydroxylation sites is 1. The van der Waals surface area contributed by atoms with Crippen LogP contribution in [0.4, 0.5) is 11.4 Å². The number of benzene rings is 2. The van der Waals surface area contributed by atoms with Crippen LogP contribution in [0, 0.1) is 0 Å². The van der Waals surface area contributed by atoms with E-state index in [1.165, 1.54) is 5.57 Å². The van der Waals surface area contributed by atoms with E-state index in [9.17, 15) is 0 Å². The Kier molecular flexibility index (Phi) is 6.44. The molecule has 126 valence electrons. The van der Waals surface area contributed by atoms with Gasteiger partial charge in [-0.3, -0.25) is 5.01 Å². The number of halogens is 1. The summed E-state index contributed by atoms with van der Waals surface area (Å²) < 4.78 is 0. The van der Waals surface area contributed by atoms with E-state index < -0.39 is 0 Å². The first kappa shape index (κ1) is 18.1. The van der Waals surface area contributed by atoms with Crippen LogP contribution in [0.25, 0.3) is 0 Å². The molecule has 0 amide bonds. The van der Waals surface area contributed by atoms with Crippen molar-refractivity contribution in [1.29, 1.82) is 0 Å². The van der Waals surface area contributed by atoms with Crippen molar-refractivity contribution in [1.82, 2.24) is 0 Å². The number of rotatable bonds is 6. The third-order valence-electron chi connectivity index (χ3n) is 3.60. The minimum Gasteiger partial charge on any atom is -0.381 e. The summed E-state index contributed by atoms with van der Waals surface area (Å²) in [7, 11) is 1.94. The molecule has 0 aliphatic heterocycles. The number of allylic oxidation sites excluding steroid dienone is 1. The largest absolute Gasteiger partial charge is 0.381 e. The van der Waals surface area contributed by atoms with Crippen LogP contribution in [-0.2, 0) is 0 Å². The molecule has 0 unspecified atom stereocenters. The van der Waals surface area contributed by atoms with Crippen LogP contribution in [-0.4, -0.2) is 19.3 Å². The van der Waals surface area contributed by atoms with E-state index in [0.717, 1.165) is 29.2 Å². The molecule has 0 heterocycles. The highest BCUT2D eigenvalue weighted by atomic mass is 35.5. The highest BCUT2D eigenvalue weighted by Crippen LogP contribution is 2.22. The summed E-state index contributed by atoms with van der Waals surface area (Å²) in [6.07, 6.45) is 2.15. The molecule has 24 heavy (non-hydrogen) atoms. The van der Waals surface area contributed by atoms with Gasteiger partial charge in [-0.15, -0.1) is 0 Å². The Morgan fingerprint density at radius 2 is 1.83 bits per heavy atom. The Balaban J connectivity index is 2.27. The molecule has 0 aliphatic rings. The molecular formula is C20H24ClN3. The molecule has 0 bridgehead atoms. The zero-order valence-corrected chi connectivity index (χ0v) is 15.4. The fourth-order valence-corrected chi connectivity index (χ4v) is 2.49. The molecule has 1 N–H and O–H groups in total. The summed E-state index contributed by atoms with van der Waals surface area (Å²) in [5, 5.41) is 10.7. The van der Waals surface area contributed by atoms with Crippen LogP contribution in [0.1, 0.15) is 26.3 Å². The summed E-state index contributed by atoms with van der Waals surface area (Å²) in [4.78, 5) is 0. The SMILES string of the molecule is CC(C)=CCNc1ccc(Cl)cc1/C(C)=N/N(C)c1ccccc1. The van der Waals surface area contributed by atoms with Gasteiger partial charge in [0.15, 0.2) is 0 Å². The van der Waals surface area contributed by atoms with Gasteiger partial charge in [0.05, 0.1) is 11.4 Å². The number of nitrogens with zero attached hydrogens (tertiary/aromatic N) is 2. The Morgan fingerprint density at radius 3 is 2.50 bits per heavy atom. The number of hydrogen-bond acceptors (Lipinski definition) is 3. The molecule has 0 aromatic heterocycles. The van der Waals surface area contributed by atoms with Crippen molar-refractivity contribution in [3.8, 4) is 0 Å². The normalized spacial score (nSPS) is 11.1. The van der Waals surface area contributed by atoms with E-state index >= 15 is 0 Å². The Labute approximate surface area is 149 Å². The van der Waals surface area contributed by atoms with Gasteiger partial charge in [0, 0.05) is 29.9 Å².